The first-order valence-corrected chi connectivity index (χ1v) is 6.69. The van der Waals surface area contributed by atoms with Gasteiger partial charge in [0, 0.05) is 25.2 Å². The molecule has 4 heteroatoms. The van der Waals surface area contributed by atoms with E-state index in [9.17, 15) is 4.79 Å². The largest absolute Gasteiger partial charge is 0.337 e. The molecule has 1 unspecified atom stereocenters. The van der Waals surface area contributed by atoms with Crippen molar-refractivity contribution in [3.05, 3.63) is 0 Å². The van der Waals surface area contributed by atoms with Crippen molar-refractivity contribution in [1.82, 2.24) is 9.80 Å². The zero-order valence-electron chi connectivity index (χ0n) is 11.6. The molecule has 1 aliphatic rings. The van der Waals surface area contributed by atoms with Crippen LogP contribution in [0.2, 0.25) is 0 Å². The molecule has 2 atom stereocenters. The normalized spacial score (nSPS) is 23.2. The molecule has 1 rings (SSSR count). The van der Waals surface area contributed by atoms with Gasteiger partial charge in [0.1, 0.15) is 0 Å². The molecule has 1 heterocycles. The van der Waals surface area contributed by atoms with Crippen LogP contribution in [0.25, 0.3) is 0 Å². The maximum Gasteiger partial charge on any atom is 0.239 e. The van der Waals surface area contributed by atoms with Crippen molar-refractivity contribution in [2.75, 3.05) is 20.1 Å². The van der Waals surface area contributed by atoms with E-state index in [0.717, 1.165) is 25.9 Å². The summed E-state index contributed by atoms with van der Waals surface area (Å²) in [5, 5.41) is 0. The second kappa shape index (κ2) is 6.36. The lowest BCUT2D eigenvalue weighted by Gasteiger charge is -2.39. The van der Waals surface area contributed by atoms with Crippen molar-refractivity contribution >= 4 is 5.91 Å². The number of hydrogen-bond donors (Lipinski definition) is 1. The first-order chi connectivity index (χ1) is 7.93. The zero-order valence-corrected chi connectivity index (χ0v) is 11.6. The van der Waals surface area contributed by atoms with Crippen LogP contribution in [0, 0.1) is 0 Å². The lowest BCUT2D eigenvalue weighted by Crippen LogP contribution is -2.53. The summed E-state index contributed by atoms with van der Waals surface area (Å²) in [7, 11) is 2.12. The lowest BCUT2D eigenvalue weighted by atomic mass is 10.0. The Labute approximate surface area is 105 Å². The highest BCUT2D eigenvalue weighted by Crippen LogP contribution is 2.19. The summed E-state index contributed by atoms with van der Waals surface area (Å²) >= 11 is 0. The molecule has 0 radical (unpaired) electrons. The van der Waals surface area contributed by atoms with Crippen LogP contribution in [-0.4, -0.2) is 54.0 Å². The molecule has 17 heavy (non-hydrogen) atoms. The van der Waals surface area contributed by atoms with Gasteiger partial charge in [-0.1, -0.05) is 0 Å². The van der Waals surface area contributed by atoms with Gasteiger partial charge in [-0.05, 0) is 47.1 Å². The Hall–Kier alpha value is -0.610. The molecule has 0 saturated carbocycles. The van der Waals surface area contributed by atoms with Crippen LogP contribution >= 0.6 is 0 Å². The molecule has 0 aromatic carbocycles. The van der Waals surface area contributed by atoms with Crippen molar-refractivity contribution in [2.24, 2.45) is 5.73 Å². The number of carbonyl (C=O) groups excluding carboxylic acids is 1. The molecule has 0 aliphatic carbocycles. The molecule has 1 amide bonds. The van der Waals surface area contributed by atoms with E-state index in [1.165, 1.54) is 6.42 Å². The fourth-order valence-electron chi connectivity index (χ4n) is 2.29. The van der Waals surface area contributed by atoms with Crippen molar-refractivity contribution in [3.8, 4) is 0 Å². The maximum absolute atomic E-state index is 12.0. The average molecular weight is 241 g/mol. The highest BCUT2D eigenvalue weighted by atomic mass is 16.2. The monoisotopic (exact) mass is 241 g/mol. The summed E-state index contributed by atoms with van der Waals surface area (Å²) in [6.07, 6.45) is 3.44. The van der Waals surface area contributed by atoms with E-state index >= 15 is 0 Å². The smallest absolute Gasteiger partial charge is 0.239 e. The van der Waals surface area contributed by atoms with Gasteiger partial charge in [-0.15, -0.1) is 0 Å². The number of rotatable bonds is 4. The molecule has 100 valence electrons. The van der Waals surface area contributed by atoms with E-state index in [1.807, 2.05) is 4.90 Å². The average Bonchev–Trinajstić information content (AvgIpc) is 2.28. The van der Waals surface area contributed by atoms with Crippen molar-refractivity contribution in [1.29, 1.82) is 0 Å². The highest BCUT2D eigenvalue weighted by Gasteiger charge is 2.29. The van der Waals surface area contributed by atoms with Crippen LogP contribution in [0.15, 0.2) is 0 Å². The van der Waals surface area contributed by atoms with Gasteiger partial charge in [0.2, 0.25) is 5.91 Å². The van der Waals surface area contributed by atoms with Gasteiger partial charge in [-0.25, -0.2) is 0 Å². The molecule has 4 nitrogen and oxygen atoms in total. The number of carbonyl (C=O) groups is 1. The predicted octanol–water partition coefficient (Wildman–Crippen LogP) is 1.05. The quantitative estimate of drug-likeness (QED) is 0.800. The third kappa shape index (κ3) is 3.96. The van der Waals surface area contributed by atoms with Crippen LogP contribution in [0.4, 0.5) is 0 Å². The Balaban J connectivity index is 2.63. The number of likely N-dealkylation sites (tertiary alicyclic amines) is 1. The second-order valence-electron chi connectivity index (χ2n) is 5.50. The molecule has 0 spiro atoms. The Morgan fingerprint density at radius 1 is 1.41 bits per heavy atom. The summed E-state index contributed by atoms with van der Waals surface area (Å²) in [6, 6.07) is 0.485. The van der Waals surface area contributed by atoms with Gasteiger partial charge in [0.15, 0.2) is 0 Å². The van der Waals surface area contributed by atoms with E-state index < -0.39 is 0 Å². The first-order valence-electron chi connectivity index (χ1n) is 6.69. The number of amides is 1. The molecule has 1 saturated heterocycles. The van der Waals surface area contributed by atoms with E-state index in [2.05, 4.69) is 25.8 Å². The number of hydrogen-bond acceptors (Lipinski definition) is 3. The molecular weight excluding hydrogens is 214 g/mol. The minimum Gasteiger partial charge on any atom is -0.337 e. The molecule has 0 aromatic heterocycles. The molecular formula is C13H27N3O. The van der Waals surface area contributed by atoms with Gasteiger partial charge in [-0.3, -0.25) is 4.79 Å². The van der Waals surface area contributed by atoms with Crippen LogP contribution in [0.5, 0.6) is 0 Å². The molecule has 0 bridgehead atoms. The minimum absolute atomic E-state index is 0.104. The standard InChI is InChI=1S/C13H27N3O/c1-10(2)15(4)9-12-7-5-6-8-16(12)13(17)11(3)14/h10-12H,5-9,14H2,1-4H3/t11-,12?/m0/s1. The summed E-state index contributed by atoms with van der Waals surface area (Å²) in [5.74, 6) is 0.104. The van der Waals surface area contributed by atoms with Gasteiger partial charge in [0.25, 0.3) is 0 Å². The maximum atomic E-state index is 12.0. The fourth-order valence-corrected chi connectivity index (χ4v) is 2.29. The van der Waals surface area contributed by atoms with Crippen molar-refractivity contribution in [2.45, 2.75) is 58.2 Å². The Bertz CT molecular complexity index is 253. The van der Waals surface area contributed by atoms with Crippen LogP contribution in [-0.2, 0) is 4.79 Å². The topological polar surface area (TPSA) is 49.6 Å². The Kier molecular flexibility index (Phi) is 5.40. The Morgan fingerprint density at radius 2 is 2.06 bits per heavy atom. The van der Waals surface area contributed by atoms with Crippen LogP contribution in [0.1, 0.15) is 40.0 Å². The third-order valence-electron chi connectivity index (χ3n) is 3.68. The summed E-state index contributed by atoms with van der Waals surface area (Å²) in [5.41, 5.74) is 5.71. The number of nitrogens with zero attached hydrogens (tertiary/aromatic N) is 2. The van der Waals surface area contributed by atoms with Crippen LogP contribution in [0.3, 0.4) is 0 Å². The second-order valence-corrected chi connectivity index (χ2v) is 5.50. The van der Waals surface area contributed by atoms with E-state index in [1.54, 1.807) is 6.92 Å². The van der Waals surface area contributed by atoms with Crippen LogP contribution < -0.4 is 5.73 Å². The summed E-state index contributed by atoms with van der Waals surface area (Å²) < 4.78 is 0. The highest BCUT2D eigenvalue weighted by molar-refractivity contribution is 5.81. The number of likely N-dealkylation sites (N-methyl/N-ethyl adjacent to an activating group) is 1. The van der Waals surface area contributed by atoms with Gasteiger partial charge < -0.3 is 15.5 Å². The molecule has 0 aromatic rings. The number of nitrogens with two attached hydrogens (primary N) is 1. The fraction of sp³-hybridized carbons (Fsp3) is 0.923. The SMILES string of the molecule is CC(C)N(C)CC1CCCCN1C(=O)[C@H](C)N. The summed E-state index contributed by atoms with van der Waals surface area (Å²) in [4.78, 5) is 16.3. The van der Waals surface area contributed by atoms with Gasteiger partial charge in [-0.2, -0.15) is 0 Å². The third-order valence-corrected chi connectivity index (χ3v) is 3.68. The first kappa shape index (κ1) is 14.5. The zero-order chi connectivity index (χ0) is 13.0. The molecule has 1 fully saturated rings. The van der Waals surface area contributed by atoms with E-state index in [0.29, 0.717) is 12.1 Å². The minimum atomic E-state index is -0.375. The lowest BCUT2D eigenvalue weighted by molar-refractivity contribution is -0.136. The van der Waals surface area contributed by atoms with Crippen molar-refractivity contribution in [3.63, 3.8) is 0 Å². The van der Waals surface area contributed by atoms with E-state index in [-0.39, 0.29) is 11.9 Å². The molecule has 2 N–H and O–H groups in total. The van der Waals surface area contributed by atoms with Gasteiger partial charge >= 0.3 is 0 Å². The Morgan fingerprint density at radius 3 is 2.59 bits per heavy atom. The van der Waals surface area contributed by atoms with Crippen molar-refractivity contribution < 1.29 is 4.79 Å². The van der Waals surface area contributed by atoms with E-state index in [4.69, 9.17) is 5.73 Å². The number of piperidine rings is 1. The summed E-state index contributed by atoms with van der Waals surface area (Å²) in [6.45, 7) is 7.97. The molecule has 1 aliphatic heterocycles. The van der Waals surface area contributed by atoms with Gasteiger partial charge in [0.05, 0.1) is 6.04 Å². The predicted molar refractivity (Wildman–Crippen MR) is 70.8 cm³/mol.